The monoisotopic (exact) mass is 182 g/mol. The second kappa shape index (κ2) is 3.97. The molecule has 2 aliphatic rings. The summed E-state index contributed by atoms with van der Waals surface area (Å²) in [4.78, 5) is 5.20. The van der Waals surface area contributed by atoms with Crippen LogP contribution in [0.5, 0.6) is 0 Å². The van der Waals surface area contributed by atoms with Crippen LogP contribution in [0.4, 0.5) is 0 Å². The second-order valence-electron chi connectivity index (χ2n) is 4.76. The summed E-state index contributed by atoms with van der Waals surface area (Å²) < 4.78 is 0. The summed E-state index contributed by atoms with van der Waals surface area (Å²) in [6.07, 6.45) is 5.84. The van der Waals surface area contributed by atoms with Crippen molar-refractivity contribution in [3.05, 3.63) is 0 Å². The van der Waals surface area contributed by atoms with E-state index in [0.717, 1.165) is 12.1 Å². The normalized spacial score (nSPS) is 34.2. The molecule has 2 heteroatoms. The Morgan fingerprint density at radius 3 is 2.38 bits per heavy atom. The van der Waals surface area contributed by atoms with Crippen molar-refractivity contribution in [2.24, 2.45) is 0 Å². The Hall–Kier alpha value is -0.0800. The molecule has 2 nitrogen and oxygen atoms in total. The maximum Gasteiger partial charge on any atom is 0.0192 e. The number of nitrogens with zero attached hydrogens (tertiary/aromatic N) is 2. The van der Waals surface area contributed by atoms with Gasteiger partial charge < -0.3 is 4.90 Å². The van der Waals surface area contributed by atoms with Crippen LogP contribution in [0.15, 0.2) is 0 Å². The van der Waals surface area contributed by atoms with E-state index in [1.54, 1.807) is 0 Å². The summed E-state index contributed by atoms with van der Waals surface area (Å²) >= 11 is 0. The van der Waals surface area contributed by atoms with E-state index in [2.05, 4.69) is 23.8 Å². The minimum Gasteiger partial charge on any atom is -0.301 e. The lowest BCUT2D eigenvalue weighted by Crippen LogP contribution is -2.52. The number of hydrogen-bond donors (Lipinski definition) is 0. The molecule has 2 rings (SSSR count). The highest BCUT2D eigenvalue weighted by molar-refractivity contribution is 4.84. The number of rotatable bonds is 1. The first-order valence-electron chi connectivity index (χ1n) is 5.71. The van der Waals surface area contributed by atoms with E-state index in [9.17, 15) is 0 Å². The van der Waals surface area contributed by atoms with Crippen molar-refractivity contribution in [2.75, 3.05) is 26.7 Å². The van der Waals surface area contributed by atoms with Crippen LogP contribution >= 0.6 is 0 Å². The van der Waals surface area contributed by atoms with Gasteiger partial charge in [0.25, 0.3) is 0 Å². The Balaban J connectivity index is 1.87. The maximum atomic E-state index is 2.72. The molecule has 0 amide bonds. The Kier molecular flexibility index (Phi) is 2.89. The van der Waals surface area contributed by atoms with Crippen molar-refractivity contribution in [3.63, 3.8) is 0 Å². The molecule has 76 valence electrons. The van der Waals surface area contributed by atoms with Gasteiger partial charge in [-0.2, -0.15) is 0 Å². The van der Waals surface area contributed by atoms with E-state index in [1.165, 1.54) is 45.3 Å². The molecule has 2 fully saturated rings. The molecule has 1 unspecified atom stereocenters. The Morgan fingerprint density at radius 2 is 1.77 bits per heavy atom. The van der Waals surface area contributed by atoms with Gasteiger partial charge in [-0.1, -0.05) is 12.8 Å². The van der Waals surface area contributed by atoms with Crippen molar-refractivity contribution in [2.45, 2.75) is 44.7 Å². The molecular weight excluding hydrogens is 160 g/mol. The van der Waals surface area contributed by atoms with Crippen molar-refractivity contribution >= 4 is 0 Å². The lowest BCUT2D eigenvalue weighted by molar-refractivity contribution is 0.0738. The molecule has 0 aromatic carbocycles. The fourth-order valence-electron chi connectivity index (χ4n) is 2.68. The third-order valence-electron chi connectivity index (χ3n) is 3.83. The zero-order valence-corrected chi connectivity index (χ0v) is 9.00. The van der Waals surface area contributed by atoms with E-state index in [1.807, 2.05) is 0 Å². The highest BCUT2D eigenvalue weighted by Crippen LogP contribution is 2.25. The summed E-state index contributed by atoms with van der Waals surface area (Å²) in [5, 5.41) is 0. The van der Waals surface area contributed by atoms with Crippen molar-refractivity contribution in [1.29, 1.82) is 0 Å². The summed E-state index contributed by atoms with van der Waals surface area (Å²) in [6.45, 7) is 6.20. The summed E-state index contributed by atoms with van der Waals surface area (Å²) in [7, 11) is 2.25. The minimum absolute atomic E-state index is 0.759. The zero-order valence-electron chi connectivity index (χ0n) is 9.00. The molecular formula is C11H22N2. The molecule has 1 aliphatic heterocycles. The van der Waals surface area contributed by atoms with Gasteiger partial charge in [-0.3, -0.25) is 4.90 Å². The molecule has 1 aliphatic carbocycles. The highest BCUT2D eigenvalue weighted by Gasteiger charge is 2.27. The van der Waals surface area contributed by atoms with Crippen molar-refractivity contribution < 1.29 is 0 Å². The first-order chi connectivity index (χ1) is 6.27. The molecule has 0 radical (unpaired) electrons. The standard InChI is InChI=1S/C11H22N2/c1-10-9-13(8-7-12(10)2)11-5-3-4-6-11/h10-11H,3-9H2,1-2H3. The Labute approximate surface area is 81.9 Å². The smallest absolute Gasteiger partial charge is 0.0192 e. The molecule has 1 saturated heterocycles. The van der Waals surface area contributed by atoms with Crippen LogP contribution in [0.25, 0.3) is 0 Å². The van der Waals surface area contributed by atoms with Gasteiger partial charge in [0, 0.05) is 31.7 Å². The van der Waals surface area contributed by atoms with E-state index < -0.39 is 0 Å². The van der Waals surface area contributed by atoms with Crippen LogP contribution in [-0.2, 0) is 0 Å². The van der Waals surface area contributed by atoms with Crippen LogP contribution < -0.4 is 0 Å². The third-order valence-corrected chi connectivity index (χ3v) is 3.83. The van der Waals surface area contributed by atoms with Gasteiger partial charge >= 0.3 is 0 Å². The maximum absolute atomic E-state index is 2.72. The summed E-state index contributed by atoms with van der Waals surface area (Å²) in [5.41, 5.74) is 0. The van der Waals surface area contributed by atoms with Crippen LogP contribution in [-0.4, -0.2) is 48.6 Å². The van der Waals surface area contributed by atoms with Crippen LogP contribution in [0.2, 0.25) is 0 Å². The average molecular weight is 182 g/mol. The van der Waals surface area contributed by atoms with Gasteiger partial charge in [0.2, 0.25) is 0 Å². The fraction of sp³-hybridized carbons (Fsp3) is 1.00. The largest absolute Gasteiger partial charge is 0.301 e. The van der Waals surface area contributed by atoms with Gasteiger partial charge in [-0.05, 0) is 26.8 Å². The number of hydrogen-bond acceptors (Lipinski definition) is 2. The summed E-state index contributed by atoms with van der Waals surface area (Å²) in [6, 6.07) is 1.69. The number of piperazine rings is 1. The molecule has 0 N–H and O–H groups in total. The molecule has 0 aromatic heterocycles. The Morgan fingerprint density at radius 1 is 1.08 bits per heavy atom. The highest BCUT2D eigenvalue weighted by atomic mass is 15.3. The summed E-state index contributed by atoms with van der Waals surface area (Å²) in [5.74, 6) is 0. The molecule has 13 heavy (non-hydrogen) atoms. The first kappa shape index (κ1) is 9.47. The first-order valence-corrected chi connectivity index (χ1v) is 5.71. The van der Waals surface area contributed by atoms with Gasteiger partial charge in [-0.25, -0.2) is 0 Å². The molecule has 0 bridgehead atoms. The molecule has 0 spiro atoms. The lowest BCUT2D eigenvalue weighted by Gasteiger charge is -2.40. The van der Waals surface area contributed by atoms with Crippen LogP contribution in [0.1, 0.15) is 32.6 Å². The SMILES string of the molecule is CC1CN(C2CCCC2)CCN1C. The topological polar surface area (TPSA) is 6.48 Å². The van der Waals surface area contributed by atoms with Gasteiger partial charge in [0.15, 0.2) is 0 Å². The van der Waals surface area contributed by atoms with E-state index in [-0.39, 0.29) is 0 Å². The predicted molar refractivity (Wildman–Crippen MR) is 55.9 cm³/mol. The average Bonchev–Trinajstić information content (AvgIpc) is 2.62. The Bertz CT molecular complexity index is 163. The van der Waals surface area contributed by atoms with E-state index >= 15 is 0 Å². The third kappa shape index (κ3) is 2.05. The zero-order chi connectivity index (χ0) is 9.26. The fourth-order valence-corrected chi connectivity index (χ4v) is 2.68. The van der Waals surface area contributed by atoms with Crippen LogP contribution in [0, 0.1) is 0 Å². The molecule has 1 atom stereocenters. The molecule has 0 aromatic rings. The van der Waals surface area contributed by atoms with Crippen LogP contribution in [0.3, 0.4) is 0 Å². The van der Waals surface area contributed by atoms with Crippen molar-refractivity contribution in [3.8, 4) is 0 Å². The number of likely N-dealkylation sites (N-methyl/N-ethyl adjacent to an activating group) is 1. The van der Waals surface area contributed by atoms with Crippen molar-refractivity contribution in [1.82, 2.24) is 9.80 Å². The molecule has 1 heterocycles. The van der Waals surface area contributed by atoms with E-state index in [4.69, 9.17) is 0 Å². The quantitative estimate of drug-likeness (QED) is 0.607. The minimum atomic E-state index is 0.759. The van der Waals surface area contributed by atoms with E-state index in [0.29, 0.717) is 0 Å². The van der Waals surface area contributed by atoms with Gasteiger partial charge in [-0.15, -0.1) is 0 Å². The lowest BCUT2D eigenvalue weighted by atomic mass is 10.1. The van der Waals surface area contributed by atoms with Gasteiger partial charge in [0.05, 0.1) is 0 Å². The second-order valence-corrected chi connectivity index (χ2v) is 4.76. The predicted octanol–water partition coefficient (Wildman–Crippen LogP) is 1.56. The molecule has 1 saturated carbocycles. The van der Waals surface area contributed by atoms with Gasteiger partial charge in [0.1, 0.15) is 0 Å².